The summed E-state index contributed by atoms with van der Waals surface area (Å²) >= 11 is 3.44. The van der Waals surface area contributed by atoms with E-state index in [0.29, 0.717) is 17.2 Å². The number of hydrogen-bond donors (Lipinski definition) is 1. The van der Waals surface area contributed by atoms with Gasteiger partial charge in [-0.2, -0.15) is 0 Å². The fourth-order valence-electron chi connectivity index (χ4n) is 3.86. The zero-order chi connectivity index (χ0) is 19.9. The van der Waals surface area contributed by atoms with Crippen LogP contribution in [-0.2, 0) is 18.6 Å². The molecule has 0 bridgehead atoms. The molecule has 0 radical (unpaired) electrons. The van der Waals surface area contributed by atoms with Crippen LogP contribution in [0.1, 0.15) is 43.2 Å². The summed E-state index contributed by atoms with van der Waals surface area (Å²) in [6.07, 6.45) is 3.44. The minimum Gasteiger partial charge on any atom is -0.497 e. The van der Waals surface area contributed by atoms with Crippen LogP contribution in [0.4, 0.5) is 5.82 Å². The van der Waals surface area contributed by atoms with Gasteiger partial charge in [-0.05, 0) is 53.9 Å². The molecule has 0 unspecified atom stereocenters. The van der Waals surface area contributed by atoms with Crippen LogP contribution >= 0.6 is 23.1 Å². The van der Waals surface area contributed by atoms with Gasteiger partial charge in [-0.1, -0.05) is 44.7 Å². The molecule has 1 atom stereocenters. The Labute approximate surface area is 174 Å². The average molecular weight is 414 g/mol. The molecule has 148 valence electrons. The number of hydrogen-bond acceptors (Lipinski definition) is 6. The number of thiophene rings is 1. The maximum absolute atomic E-state index is 6.38. The molecule has 2 N–H and O–H groups in total. The van der Waals surface area contributed by atoms with Crippen LogP contribution < -0.4 is 10.5 Å². The normalized spacial score (nSPS) is 16.9. The first-order chi connectivity index (χ1) is 13.3. The van der Waals surface area contributed by atoms with Gasteiger partial charge in [-0.15, -0.1) is 11.3 Å². The van der Waals surface area contributed by atoms with Crippen LogP contribution in [0, 0.1) is 11.3 Å². The SMILES string of the molecule is COc1ccc(CSc2nc(N)c3c4c(sc3n2)C[C@H](C(C)(C)C)CC4)cc1. The van der Waals surface area contributed by atoms with Crippen molar-refractivity contribution in [3.8, 4) is 5.75 Å². The van der Waals surface area contributed by atoms with Crippen molar-refractivity contribution in [1.29, 1.82) is 0 Å². The molecule has 0 saturated carbocycles. The van der Waals surface area contributed by atoms with Gasteiger partial charge in [-0.3, -0.25) is 0 Å². The zero-order valence-corrected chi connectivity index (χ0v) is 18.5. The smallest absolute Gasteiger partial charge is 0.191 e. The van der Waals surface area contributed by atoms with Gasteiger partial charge in [0.2, 0.25) is 0 Å². The number of methoxy groups -OCH3 is 1. The number of aryl methyl sites for hydroxylation is 1. The van der Waals surface area contributed by atoms with E-state index in [0.717, 1.165) is 39.7 Å². The number of fused-ring (bicyclic) bond motifs is 3. The lowest BCUT2D eigenvalue weighted by Gasteiger charge is -2.33. The second-order valence-corrected chi connectivity index (χ2v) is 10.5. The zero-order valence-electron chi connectivity index (χ0n) is 16.9. The Balaban J connectivity index is 1.57. The predicted octanol–water partition coefficient (Wildman–Crippen LogP) is 5.73. The Morgan fingerprint density at radius 3 is 2.64 bits per heavy atom. The molecule has 28 heavy (non-hydrogen) atoms. The third-order valence-electron chi connectivity index (χ3n) is 5.67. The molecule has 4 nitrogen and oxygen atoms in total. The van der Waals surface area contributed by atoms with Crippen molar-refractivity contribution < 1.29 is 4.74 Å². The van der Waals surface area contributed by atoms with E-state index in [1.807, 2.05) is 23.5 Å². The minimum atomic E-state index is 0.338. The fraction of sp³-hybridized carbons (Fsp3) is 0.455. The van der Waals surface area contributed by atoms with Crippen LogP contribution in [0.5, 0.6) is 5.75 Å². The van der Waals surface area contributed by atoms with Gasteiger partial charge in [-0.25, -0.2) is 9.97 Å². The van der Waals surface area contributed by atoms with E-state index < -0.39 is 0 Å². The van der Waals surface area contributed by atoms with E-state index in [2.05, 4.69) is 37.9 Å². The van der Waals surface area contributed by atoms with Crippen LogP contribution in [0.15, 0.2) is 29.4 Å². The summed E-state index contributed by atoms with van der Waals surface area (Å²) in [4.78, 5) is 12.0. The number of nitrogens with two attached hydrogens (primary N) is 1. The second kappa shape index (κ2) is 7.56. The Morgan fingerprint density at radius 1 is 1.21 bits per heavy atom. The van der Waals surface area contributed by atoms with E-state index in [4.69, 9.17) is 15.5 Å². The fourth-order valence-corrected chi connectivity index (χ4v) is 6.03. The number of anilines is 1. The number of ether oxygens (including phenoxy) is 1. The number of rotatable bonds is 4. The summed E-state index contributed by atoms with van der Waals surface area (Å²) < 4.78 is 5.22. The van der Waals surface area contributed by atoms with Gasteiger partial charge >= 0.3 is 0 Å². The lowest BCUT2D eigenvalue weighted by molar-refractivity contribution is 0.218. The summed E-state index contributed by atoms with van der Waals surface area (Å²) in [6, 6.07) is 8.11. The van der Waals surface area contributed by atoms with E-state index in [1.54, 1.807) is 18.9 Å². The third kappa shape index (κ3) is 3.85. The molecule has 0 amide bonds. The largest absolute Gasteiger partial charge is 0.497 e. The van der Waals surface area contributed by atoms with E-state index in [9.17, 15) is 0 Å². The van der Waals surface area contributed by atoms with Crippen molar-refractivity contribution >= 4 is 39.1 Å². The highest BCUT2D eigenvalue weighted by Crippen LogP contribution is 2.44. The highest BCUT2D eigenvalue weighted by atomic mass is 32.2. The monoisotopic (exact) mass is 413 g/mol. The number of aromatic nitrogens is 2. The number of thioether (sulfide) groups is 1. The first-order valence-corrected chi connectivity index (χ1v) is 11.5. The number of nitrogens with zero attached hydrogens (tertiary/aromatic N) is 2. The highest BCUT2D eigenvalue weighted by molar-refractivity contribution is 7.98. The van der Waals surface area contributed by atoms with Gasteiger partial charge in [0, 0.05) is 10.6 Å². The summed E-state index contributed by atoms with van der Waals surface area (Å²) in [7, 11) is 1.68. The molecule has 6 heteroatoms. The van der Waals surface area contributed by atoms with Crippen molar-refractivity contribution in [2.75, 3.05) is 12.8 Å². The Morgan fingerprint density at radius 2 is 1.96 bits per heavy atom. The molecule has 1 aliphatic carbocycles. The van der Waals surface area contributed by atoms with E-state index in [1.165, 1.54) is 22.4 Å². The van der Waals surface area contributed by atoms with Crippen molar-refractivity contribution in [3.63, 3.8) is 0 Å². The lowest BCUT2D eigenvalue weighted by atomic mass is 9.72. The van der Waals surface area contributed by atoms with Crippen LogP contribution in [0.25, 0.3) is 10.2 Å². The van der Waals surface area contributed by atoms with Crippen LogP contribution in [0.3, 0.4) is 0 Å². The third-order valence-corrected chi connectivity index (χ3v) is 7.73. The van der Waals surface area contributed by atoms with Gasteiger partial charge in [0.05, 0.1) is 12.5 Å². The predicted molar refractivity (Wildman–Crippen MR) is 119 cm³/mol. The molecule has 2 aromatic heterocycles. The summed E-state index contributed by atoms with van der Waals surface area (Å²) in [5, 5.41) is 1.85. The van der Waals surface area contributed by atoms with Crippen LogP contribution in [-0.4, -0.2) is 17.1 Å². The molecule has 0 spiro atoms. The molecule has 4 rings (SSSR count). The van der Waals surface area contributed by atoms with E-state index >= 15 is 0 Å². The number of nitrogen functional groups attached to an aromatic ring is 1. The van der Waals surface area contributed by atoms with Crippen LogP contribution in [0.2, 0.25) is 0 Å². The highest BCUT2D eigenvalue weighted by Gasteiger charge is 2.31. The second-order valence-electron chi connectivity index (χ2n) is 8.52. The van der Waals surface area contributed by atoms with Gasteiger partial charge in [0.1, 0.15) is 16.4 Å². The molecular weight excluding hydrogens is 386 g/mol. The molecule has 0 saturated heterocycles. The molecule has 1 aliphatic rings. The molecule has 2 heterocycles. The van der Waals surface area contributed by atoms with Crippen molar-refractivity contribution in [2.24, 2.45) is 11.3 Å². The first-order valence-electron chi connectivity index (χ1n) is 9.68. The Kier molecular flexibility index (Phi) is 5.27. The molecular formula is C22H27N3OS2. The quantitative estimate of drug-likeness (QED) is 0.437. The van der Waals surface area contributed by atoms with Crippen molar-refractivity contribution in [1.82, 2.24) is 9.97 Å². The van der Waals surface area contributed by atoms with Gasteiger partial charge in [0.25, 0.3) is 0 Å². The Bertz CT molecular complexity index is 990. The first kappa shape index (κ1) is 19.5. The maximum Gasteiger partial charge on any atom is 0.191 e. The maximum atomic E-state index is 6.38. The molecule has 1 aromatic carbocycles. The average Bonchev–Trinajstić information content (AvgIpc) is 3.04. The van der Waals surface area contributed by atoms with Gasteiger partial charge in [0.15, 0.2) is 5.16 Å². The molecule has 3 aromatic rings. The van der Waals surface area contributed by atoms with Crippen molar-refractivity contribution in [2.45, 2.75) is 50.9 Å². The van der Waals surface area contributed by atoms with Gasteiger partial charge < -0.3 is 10.5 Å². The minimum absolute atomic E-state index is 0.338. The van der Waals surface area contributed by atoms with E-state index in [-0.39, 0.29) is 0 Å². The molecule has 0 fully saturated rings. The standard InChI is InChI=1S/C22H27N3OS2/c1-22(2,3)14-7-10-16-17(11-14)28-20-18(16)19(23)24-21(25-20)27-12-13-5-8-15(26-4)9-6-13/h5-6,8-9,14H,7,10-12H2,1-4H3,(H2,23,24,25)/t14-/m1/s1. The number of benzene rings is 1. The topological polar surface area (TPSA) is 61.0 Å². The van der Waals surface area contributed by atoms with Crippen molar-refractivity contribution in [3.05, 3.63) is 40.3 Å². The molecule has 0 aliphatic heterocycles. The Hall–Kier alpha value is -1.79. The summed E-state index contributed by atoms with van der Waals surface area (Å²) in [5.74, 6) is 3.03. The summed E-state index contributed by atoms with van der Waals surface area (Å²) in [6.45, 7) is 7.04. The summed E-state index contributed by atoms with van der Waals surface area (Å²) in [5.41, 5.74) is 9.32. The lowest BCUT2D eigenvalue weighted by Crippen LogP contribution is -2.26.